The second-order valence-corrected chi connectivity index (χ2v) is 6.29. The van der Waals surface area contributed by atoms with Crippen molar-refractivity contribution in [2.24, 2.45) is 0 Å². The number of fused-ring (bicyclic) bond motifs is 1. The fourth-order valence-corrected chi connectivity index (χ4v) is 2.89. The van der Waals surface area contributed by atoms with E-state index in [2.05, 4.69) is 25.6 Å². The maximum atomic E-state index is 11.7. The minimum absolute atomic E-state index is 0.0472. The average Bonchev–Trinajstić information content (AvgIpc) is 3.20. The molecule has 0 saturated heterocycles. The minimum Gasteiger partial charge on any atom is -0.508 e. The monoisotopic (exact) mass is 424 g/mol. The third kappa shape index (κ3) is 3.69. The lowest BCUT2D eigenvalue weighted by atomic mass is 10.1. The molecule has 0 unspecified atom stereocenters. The van der Waals surface area contributed by atoms with Crippen LogP contribution in [-0.4, -0.2) is 30.4 Å². The molecule has 0 spiro atoms. The van der Waals surface area contributed by atoms with Crippen LogP contribution in [0, 0.1) is 20.2 Å². The molecule has 0 bridgehead atoms. The zero-order valence-corrected chi connectivity index (χ0v) is 15.3. The highest BCUT2D eigenvalue weighted by Crippen LogP contribution is 2.41. The van der Waals surface area contributed by atoms with Gasteiger partial charge < -0.3 is 20.8 Å². The molecule has 13 heteroatoms. The van der Waals surface area contributed by atoms with E-state index in [1.807, 2.05) is 0 Å². The summed E-state index contributed by atoms with van der Waals surface area (Å²) in [5.74, 6) is -0.308. The van der Waals surface area contributed by atoms with Gasteiger partial charge in [-0.3, -0.25) is 20.2 Å². The number of nitro benzene ring substituents is 2. The SMILES string of the molecule is O=[N+]([O-])c1ccc(O)c(Nc2cc(Nc3ccc(O)cc3)c3nonc3c2[N+](=O)[O-])c1. The first-order chi connectivity index (χ1) is 14.8. The van der Waals surface area contributed by atoms with E-state index in [4.69, 9.17) is 0 Å². The summed E-state index contributed by atoms with van der Waals surface area (Å²) in [6, 6.07) is 10.6. The number of aromatic nitrogens is 2. The van der Waals surface area contributed by atoms with Crippen molar-refractivity contribution in [1.82, 2.24) is 10.3 Å². The molecule has 0 amide bonds. The summed E-state index contributed by atoms with van der Waals surface area (Å²) in [4.78, 5) is 21.4. The fourth-order valence-electron chi connectivity index (χ4n) is 2.89. The smallest absolute Gasteiger partial charge is 0.324 e. The van der Waals surface area contributed by atoms with Crippen LogP contribution in [0.1, 0.15) is 0 Å². The first-order valence-corrected chi connectivity index (χ1v) is 8.57. The fraction of sp³-hybridized carbons (Fsp3) is 0. The van der Waals surface area contributed by atoms with Crippen LogP contribution in [0.15, 0.2) is 53.2 Å². The summed E-state index contributed by atoms with van der Waals surface area (Å²) in [7, 11) is 0. The van der Waals surface area contributed by atoms with Crippen molar-refractivity contribution in [3.8, 4) is 11.5 Å². The van der Waals surface area contributed by atoms with Gasteiger partial charge >= 0.3 is 5.69 Å². The second-order valence-electron chi connectivity index (χ2n) is 6.29. The molecule has 0 aliphatic carbocycles. The Hall–Kier alpha value is -4.94. The molecular formula is C18H12N6O7. The van der Waals surface area contributed by atoms with Crippen LogP contribution in [0.4, 0.5) is 34.1 Å². The second kappa shape index (κ2) is 7.47. The molecule has 0 aliphatic heterocycles. The maximum Gasteiger partial charge on any atom is 0.324 e. The van der Waals surface area contributed by atoms with Crippen LogP contribution < -0.4 is 10.6 Å². The van der Waals surface area contributed by atoms with Crippen LogP contribution in [-0.2, 0) is 0 Å². The van der Waals surface area contributed by atoms with E-state index in [0.717, 1.165) is 18.2 Å². The number of nitro groups is 2. The Bertz CT molecular complexity index is 1320. The van der Waals surface area contributed by atoms with Crippen molar-refractivity contribution in [3.05, 3.63) is 68.8 Å². The van der Waals surface area contributed by atoms with Gasteiger partial charge in [-0.25, -0.2) is 4.63 Å². The molecule has 0 radical (unpaired) electrons. The largest absolute Gasteiger partial charge is 0.508 e. The van der Waals surface area contributed by atoms with Crippen LogP contribution in [0.5, 0.6) is 11.5 Å². The number of phenols is 2. The molecule has 13 nitrogen and oxygen atoms in total. The number of non-ortho nitro benzene ring substituents is 1. The van der Waals surface area contributed by atoms with Crippen molar-refractivity contribution >= 4 is 45.2 Å². The van der Waals surface area contributed by atoms with E-state index in [0.29, 0.717) is 5.69 Å². The van der Waals surface area contributed by atoms with Gasteiger partial charge in [0.1, 0.15) is 17.2 Å². The number of nitrogens with zero attached hydrogens (tertiary/aromatic N) is 4. The van der Waals surface area contributed by atoms with Crippen LogP contribution in [0.2, 0.25) is 0 Å². The van der Waals surface area contributed by atoms with E-state index >= 15 is 0 Å². The zero-order chi connectivity index (χ0) is 22.1. The molecular weight excluding hydrogens is 412 g/mol. The number of aromatic hydroxyl groups is 2. The summed E-state index contributed by atoms with van der Waals surface area (Å²) in [6.45, 7) is 0. The lowest BCUT2D eigenvalue weighted by molar-refractivity contribution is -0.384. The van der Waals surface area contributed by atoms with Gasteiger partial charge in [0.15, 0.2) is 5.52 Å². The van der Waals surface area contributed by atoms with Gasteiger partial charge in [-0.1, -0.05) is 0 Å². The first kappa shape index (κ1) is 19.4. The highest BCUT2D eigenvalue weighted by Gasteiger charge is 2.27. The number of nitrogens with one attached hydrogen (secondary N) is 2. The number of benzene rings is 3. The Morgan fingerprint density at radius 1 is 0.806 bits per heavy atom. The number of anilines is 4. The van der Waals surface area contributed by atoms with Crippen LogP contribution >= 0.6 is 0 Å². The molecule has 1 aromatic heterocycles. The van der Waals surface area contributed by atoms with Crippen molar-refractivity contribution in [2.45, 2.75) is 0 Å². The molecule has 4 aromatic rings. The van der Waals surface area contributed by atoms with E-state index in [9.17, 15) is 30.4 Å². The van der Waals surface area contributed by atoms with E-state index in [-0.39, 0.29) is 45.3 Å². The van der Waals surface area contributed by atoms with E-state index in [1.165, 1.54) is 18.2 Å². The highest BCUT2D eigenvalue weighted by molar-refractivity contribution is 6.01. The van der Waals surface area contributed by atoms with Gasteiger partial charge in [-0.15, -0.1) is 0 Å². The van der Waals surface area contributed by atoms with Gasteiger partial charge in [0.25, 0.3) is 5.69 Å². The molecule has 1 heterocycles. The van der Waals surface area contributed by atoms with Crippen molar-refractivity contribution in [1.29, 1.82) is 0 Å². The summed E-state index contributed by atoms with van der Waals surface area (Å²) < 4.78 is 4.68. The number of hydrogen-bond acceptors (Lipinski definition) is 11. The third-order valence-electron chi connectivity index (χ3n) is 4.30. The minimum atomic E-state index is -0.715. The van der Waals surface area contributed by atoms with Gasteiger partial charge in [0, 0.05) is 17.8 Å². The predicted octanol–water partition coefficient (Wildman–Crippen LogP) is 3.94. The lowest BCUT2D eigenvalue weighted by Gasteiger charge is -2.12. The third-order valence-corrected chi connectivity index (χ3v) is 4.30. The standard InChI is InChI=1S/C18H12N6O7/c25-11-4-1-9(2-5-11)19-13-8-14(18(24(29)30)17-16(13)21-31-22-17)20-12-7-10(23(27)28)3-6-15(12)26/h1-8,19-20,25-26H. The van der Waals surface area contributed by atoms with Crippen LogP contribution in [0.25, 0.3) is 11.0 Å². The summed E-state index contributed by atoms with van der Waals surface area (Å²) in [5, 5.41) is 55.2. The molecule has 31 heavy (non-hydrogen) atoms. The normalized spacial score (nSPS) is 10.7. The Balaban J connectivity index is 1.85. The highest BCUT2D eigenvalue weighted by atomic mass is 16.6. The van der Waals surface area contributed by atoms with Gasteiger partial charge in [0.05, 0.1) is 21.2 Å². The maximum absolute atomic E-state index is 11.7. The van der Waals surface area contributed by atoms with Crippen LogP contribution in [0.3, 0.4) is 0 Å². The van der Waals surface area contributed by atoms with Gasteiger partial charge in [-0.05, 0) is 46.7 Å². The summed E-state index contributed by atoms with van der Waals surface area (Å²) in [5.41, 5.74) is -0.392. The molecule has 0 atom stereocenters. The average molecular weight is 424 g/mol. The topological polar surface area (TPSA) is 190 Å². The first-order valence-electron chi connectivity index (χ1n) is 8.57. The lowest BCUT2D eigenvalue weighted by Crippen LogP contribution is -2.01. The van der Waals surface area contributed by atoms with Crippen molar-refractivity contribution < 1.29 is 24.7 Å². The van der Waals surface area contributed by atoms with E-state index < -0.39 is 15.5 Å². The summed E-state index contributed by atoms with van der Waals surface area (Å²) >= 11 is 0. The Morgan fingerprint density at radius 3 is 2.19 bits per heavy atom. The molecule has 0 aliphatic rings. The molecule has 156 valence electrons. The number of rotatable bonds is 6. The summed E-state index contributed by atoms with van der Waals surface area (Å²) in [6.07, 6.45) is 0. The van der Waals surface area contributed by atoms with Gasteiger partial charge in [0.2, 0.25) is 5.52 Å². The quantitative estimate of drug-likeness (QED) is 0.152. The molecule has 4 N–H and O–H groups in total. The van der Waals surface area contributed by atoms with Crippen molar-refractivity contribution in [3.63, 3.8) is 0 Å². The Labute approximate surface area is 171 Å². The zero-order valence-electron chi connectivity index (χ0n) is 15.3. The molecule has 3 aromatic carbocycles. The van der Waals surface area contributed by atoms with E-state index in [1.54, 1.807) is 12.1 Å². The predicted molar refractivity (Wildman–Crippen MR) is 108 cm³/mol. The molecule has 0 fully saturated rings. The number of phenolic OH excluding ortho intramolecular Hbond substituents is 2. The number of hydrogen-bond donors (Lipinski definition) is 4. The van der Waals surface area contributed by atoms with Crippen molar-refractivity contribution in [2.75, 3.05) is 10.6 Å². The Kier molecular flexibility index (Phi) is 4.67. The molecule has 0 saturated carbocycles. The Morgan fingerprint density at radius 2 is 1.52 bits per heavy atom. The van der Waals surface area contributed by atoms with Gasteiger partial charge in [-0.2, -0.15) is 0 Å². The molecule has 4 rings (SSSR count).